The van der Waals surface area contributed by atoms with Crippen molar-refractivity contribution in [3.63, 3.8) is 0 Å². The summed E-state index contributed by atoms with van der Waals surface area (Å²) in [4.78, 5) is 9.55. The Hall–Kier alpha value is -9.58. The highest BCUT2D eigenvalue weighted by molar-refractivity contribution is 5.87. The van der Waals surface area contributed by atoms with Crippen molar-refractivity contribution in [1.29, 1.82) is 0 Å². The van der Waals surface area contributed by atoms with E-state index in [2.05, 4.69) is 328 Å². The standard InChI is InChI=1S/C81H80N4O/c1-7-10-25-63-52-64(26-11-8-2)54-80(53-63)84(75-36-22-29-68(57-75)67-28-21-35-74(56-67)82(69-30-15-13-16-31-69)71-44-40-60(4)41-45-71)72-46-42-65(43-47-72)66-27-20-37-76(55-66)85(79-50-62(6)51-81(59-79)86-48-12-9-3)78-39-23-38-77(58-78)83(70-32-17-14-18-33-70)73-34-19-24-61(5)49-73/h13-24,27-47,49-59H,7-12,25-26,48H2,1-6H3. The van der Waals surface area contributed by atoms with Gasteiger partial charge in [-0.2, -0.15) is 0 Å². The van der Waals surface area contributed by atoms with Crippen LogP contribution >= 0.6 is 0 Å². The number of aryl methyl sites for hydroxylation is 5. The largest absolute Gasteiger partial charge is 0.494 e. The van der Waals surface area contributed by atoms with Crippen LogP contribution in [0.5, 0.6) is 5.75 Å². The van der Waals surface area contributed by atoms with Crippen molar-refractivity contribution in [2.75, 3.05) is 26.2 Å². The van der Waals surface area contributed by atoms with E-state index in [0.29, 0.717) is 6.61 Å². The first-order chi connectivity index (χ1) is 42.2. The highest BCUT2D eigenvalue weighted by Gasteiger charge is 2.21. The second-order valence-electron chi connectivity index (χ2n) is 22.8. The lowest BCUT2D eigenvalue weighted by atomic mass is 9.99. The van der Waals surface area contributed by atoms with Gasteiger partial charge in [-0.15, -0.1) is 0 Å². The number of nitrogens with zero attached hydrogens (tertiary/aromatic N) is 4. The number of rotatable bonds is 24. The number of hydrogen-bond acceptors (Lipinski definition) is 5. The van der Waals surface area contributed by atoms with E-state index >= 15 is 0 Å². The van der Waals surface area contributed by atoms with Crippen molar-refractivity contribution in [2.45, 2.75) is 92.9 Å². The van der Waals surface area contributed by atoms with E-state index in [0.717, 1.165) is 147 Å². The summed E-state index contributed by atoms with van der Waals surface area (Å²) in [6.07, 6.45) is 8.77. The average Bonchev–Trinajstić information content (AvgIpc) is 3.32. The average molecular weight is 1130 g/mol. The van der Waals surface area contributed by atoms with Crippen LogP contribution in [0.1, 0.15) is 87.1 Å². The fourth-order valence-corrected chi connectivity index (χ4v) is 11.6. The van der Waals surface area contributed by atoms with Gasteiger partial charge >= 0.3 is 0 Å². The zero-order chi connectivity index (χ0) is 59.2. The van der Waals surface area contributed by atoms with Crippen molar-refractivity contribution < 1.29 is 4.74 Å². The molecule has 0 spiro atoms. The highest BCUT2D eigenvalue weighted by atomic mass is 16.5. The van der Waals surface area contributed by atoms with E-state index in [1.54, 1.807) is 0 Å². The maximum atomic E-state index is 6.45. The Morgan fingerprint density at radius 3 is 1.15 bits per heavy atom. The Bertz CT molecular complexity index is 3960. The normalized spacial score (nSPS) is 11.1. The first-order valence-electron chi connectivity index (χ1n) is 31.0. The minimum atomic E-state index is 0.674. The molecule has 430 valence electrons. The Morgan fingerprint density at radius 2 is 0.640 bits per heavy atom. The fourth-order valence-electron chi connectivity index (χ4n) is 11.6. The Morgan fingerprint density at radius 1 is 0.256 bits per heavy atom. The van der Waals surface area contributed by atoms with Gasteiger partial charge in [0.05, 0.1) is 12.3 Å². The van der Waals surface area contributed by atoms with Crippen molar-refractivity contribution in [3.05, 3.63) is 295 Å². The maximum absolute atomic E-state index is 6.45. The van der Waals surface area contributed by atoms with Crippen LogP contribution in [-0.2, 0) is 12.8 Å². The van der Waals surface area contributed by atoms with Crippen LogP contribution in [0.3, 0.4) is 0 Å². The van der Waals surface area contributed by atoms with Gasteiger partial charge in [0.2, 0.25) is 0 Å². The molecule has 0 atom stereocenters. The van der Waals surface area contributed by atoms with Gasteiger partial charge in [-0.1, -0.05) is 167 Å². The topological polar surface area (TPSA) is 22.2 Å². The molecule has 0 saturated heterocycles. The van der Waals surface area contributed by atoms with E-state index in [4.69, 9.17) is 4.74 Å². The zero-order valence-electron chi connectivity index (χ0n) is 51.0. The third kappa shape index (κ3) is 14.0. The molecule has 0 aliphatic heterocycles. The first-order valence-corrected chi connectivity index (χ1v) is 31.0. The minimum Gasteiger partial charge on any atom is -0.494 e. The zero-order valence-corrected chi connectivity index (χ0v) is 51.0. The summed E-state index contributed by atoms with van der Waals surface area (Å²) < 4.78 is 6.45. The summed E-state index contributed by atoms with van der Waals surface area (Å²) in [5.74, 6) is 0.872. The molecule has 11 rings (SSSR count). The van der Waals surface area contributed by atoms with Crippen molar-refractivity contribution >= 4 is 68.2 Å². The second-order valence-corrected chi connectivity index (χ2v) is 22.8. The number of unbranched alkanes of at least 4 members (excludes halogenated alkanes) is 3. The molecule has 0 heterocycles. The fraction of sp³-hybridized carbons (Fsp3) is 0.185. The minimum absolute atomic E-state index is 0.674. The van der Waals surface area contributed by atoms with Gasteiger partial charge in [-0.05, 0) is 237 Å². The van der Waals surface area contributed by atoms with Crippen LogP contribution in [0.25, 0.3) is 22.3 Å². The predicted octanol–water partition coefficient (Wildman–Crippen LogP) is 23.7. The predicted molar refractivity (Wildman–Crippen MR) is 368 cm³/mol. The summed E-state index contributed by atoms with van der Waals surface area (Å²) in [5, 5.41) is 0. The molecule has 0 radical (unpaired) electrons. The lowest BCUT2D eigenvalue weighted by molar-refractivity contribution is 0.309. The van der Waals surface area contributed by atoms with Gasteiger partial charge in [-0.3, -0.25) is 0 Å². The number of hydrogen-bond donors (Lipinski definition) is 0. The quantitative estimate of drug-likeness (QED) is 0.0561. The summed E-state index contributed by atoms with van der Waals surface area (Å²) in [5.41, 5.74) is 24.0. The van der Waals surface area contributed by atoms with Gasteiger partial charge in [0.1, 0.15) is 5.75 Å². The SMILES string of the molecule is CCCCOc1cc(C)cc(N(c2cccc(-c3ccc(N(c4cc(CCCC)cc(CCCC)c4)c4cccc(-c5cccc(N(c6ccccc6)c6ccc(C)cc6)c5)c4)cc3)c2)c2cccc(N(c3ccccc3)c3cccc(C)c3)c2)c1. The molecule has 0 saturated carbocycles. The Labute approximate surface area is 512 Å². The van der Waals surface area contributed by atoms with Gasteiger partial charge in [-0.25, -0.2) is 0 Å². The van der Waals surface area contributed by atoms with E-state index in [1.165, 1.54) is 27.9 Å². The molecule has 5 nitrogen and oxygen atoms in total. The number of benzene rings is 11. The van der Waals surface area contributed by atoms with Gasteiger partial charge in [0, 0.05) is 68.6 Å². The summed E-state index contributed by atoms with van der Waals surface area (Å²) >= 11 is 0. The molecule has 5 heteroatoms. The van der Waals surface area contributed by atoms with Crippen LogP contribution in [0.15, 0.2) is 267 Å². The molecule has 11 aromatic rings. The van der Waals surface area contributed by atoms with Gasteiger partial charge in [0.25, 0.3) is 0 Å². The molecule has 0 aliphatic carbocycles. The molecule has 0 aliphatic rings. The van der Waals surface area contributed by atoms with Crippen molar-refractivity contribution in [3.8, 4) is 28.0 Å². The van der Waals surface area contributed by atoms with Crippen LogP contribution in [0.4, 0.5) is 68.2 Å². The number of anilines is 12. The summed E-state index contributed by atoms with van der Waals surface area (Å²) in [7, 11) is 0. The molecule has 11 aromatic carbocycles. The summed E-state index contributed by atoms with van der Waals surface area (Å²) in [6, 6.07) is 98.1. The smallest absolute Gasteiger partial charge is 0.121 e. The molecule has 0 aromatic heterocycles. The Balaban J connectivity index is 0.996. The van der Waals surface area contributed by atoms with E-state index in [9.17, 15) is 0 Å². The van der Waals surface area contributed by atoms with Crippen LogP contribution in [-0.4, -0.2) is 6.61 Å². The molecule has 0 amide bonds. The third-order valence-electron chi connectivity index (χ3n) is 16.0. The second kappa shape index (κ2) is 27.9. The number of para-hydroxylation sites is 2. The monoisotopic (exact) mass is 1120 g/mol. The van der Waals surface area contributed by atoms with Crippen LogP contribution < -0.4 is 24.3 Å². The first kappa shape index (κ1) is 58.2. The van der Waals surface area contributed by atoms with Crippen LogP contribution in [0, 0.1) is 20.8 Å². The molecule has 0 fully saturated rings. The molecule has 86 heavy (non-hydrogen) atoms. The number of ether oxygens (including phenoxy) is 1. The molecular formula is C81H80N4O. The molecular weight excluding hydrogens is 1040 g/mol. The van der Waals surface area contributed by atoms with Crippen LogP contribution in [0.2, 0.25) is 0 Å². The summed E-state index contributed by atoms with van der Waals surface area (Å²) in [6.45, 7) is 13.9. The molecule has 0 bridgehead atoms. The van der Waals surface area contributed by atoms with E-state index in [1.807, 2.05) is 0 Å². The van der Waals surface area contributed by atoms with E-state index < -0.39 is 0 Å². The Kier molecular flexibility index (Phi) is 18.9. The van der Waals surface area contributed by atoms with Gasteiger partial charge < -0.3 is 24.3 Å². The lowest BCUT2D eigenvalue weighted by Crippen LogP contribution is -2.13. The van der Waals surface area contributed by atoms with Gasteiger partial charge in [0.15, 0.2) is 0 Å². The van der Waals surface area contributed by atoms with Crippen molar-refractivity contribution in [1.82, 2.24) is 0 Å². The lowest BCUT2D eigenvalue weighted by Gasteiger charge is -2.30. The maximum Gasteiger partial charge on any atom is 0.121 e. The third-order valence-corrected chi connectivity index (χ3v) is 16.0. The molecule has 0 unspecified atom stereocenters. The molecule has 0 N–H and O–H groups in total. The highest BCUT2D eigenvalue weighted by Crippen LogP contribution is 2.45. The van der Waals surface area contributed by atoms with E-state index in [-0.39, 0.29) is 0 Å². The van der Waals surface area contributed by atoms with Crippen molar-refractivity contribution in [2.24, 2.45) is 0 Å².